The lowest BCUT2D eigenvalue weighted by Gasteiger charge is -2.31. The number of hydrogen-bond acceptors (Lipinski definition) is 7. The van der Waals surface area contributed by atoms with Gasteiger partial charge in [-0.25, -0.2) is 9.97 Å². The second kappa shape index (κ2) is 8.21. The fourth-order valence-electron chi connectivity index (χ4n) is 4.81. The van der Waals surface area contributed by atoms with Crippen LogP contribution in [0.2, 0.25) is 0 Å². The van der Waals surface area contributed by atoms with E-state index >= 15 is 0 Å². The number of fused-ring (bicyclic) bond motifs is 3. The molecule has 0 radical (unpaired) electrons. The molecule has 1 aliphatic heterocycles. The fourth-order valence-corrected chi connectivity index (χ4v) is 4.81. The molecule has 5 N–H and O–H groups in total. The lowest BCUT2D eigenvalue weighted by atomic mass is 9.73. The molecule has 2 aromatic heterocycles. The summed E-state index contributed by atoms with van der Waals surface area (Å²) in [5.74, 6) is -0.256. The third kappa shape index (κ3) is 3.90. The second-order valence-electron chi connectivity index (χ2n) is 9.54. The summed E-state index contributed by atoms with van der Waals surface area (Å²) in [5, 5.41) is 19.8. The summed E-state index contributed by atoms with van der Waals surface area (Å²) in [5.41, 5.74) is 9.92. The zero-order chi connectivity index (χ0) is 24.0. The molecule has 1 aliphatic carbocycles. The van der Waals surface area contributed by atoms with Crippen molar-refractivity contribution < 1.29 is 14.7 Å². The maximum absolute atomic E-state index is 13.2. The Kier molecular flexibility index (Phi) is 5.32. The molecule has 10 heteroatoms. The van der Waals surface area contributed by atoms with Gasteiger partial charge in [-0.1, -0.05) is 13.8 Å². The van der Waals surface area contributed by atoms with Crippen molar-refractivity contribution in [2.75, 3.05) is 24.1 Å². The Morgan fingerprint density at radius 1 is 1.21 bits per heavy atom. The molecule has 3 aromatic rings. The molecule has 2 aliphatic rings. The van der Waals surface area contributed by atoms with E-state index in [1.807, 2.05) is 0 Å². The van der Waals surface area contributed by atoms with Gasteiger partial charge in [-0.15, -0.1) is 0 Å². The Labute approximate surface area is 196 Å². The molecule has 3 heterocycles. The number of anilines is 2. The second-order valence-corrected chi connectivity index (χ2v) is 9.54. The lowest BCUT2D eigenvalue weighted by molar-refractivity contribution is 0.0546. The third-order valence-electron chi connectivity index (χ3n) is 6.55. The van der Waals surface area contributed by atoms with Crippen LogP contribution in [0.3, 0.4) is 0 Å². The van der Waals surface area contributed by atoms with Gasteiger partial charge in [-0.05, 0) is 54.5 Å². The van der Waals surface area contributed by atoms with Gasteiger partial charge in [-0.2, -0.15) is 5.10 Å². The Morgan fingerprint density at radius 2 is 1.91 bits per heavy atom. The number of H-pyrrole nitrogens is 1. The Morgan fingerprint density at radius 3 is 2.62 bits per heavy atom. The Hall–Kier alpha value is -3.79. The molecule has 5 rings (SSSR count). The summed E-state index contributed by atoms with van der Waals surface area (Å²) in [7, 11) is 0. The van der Waals surface area contributed by atoms with Gasteiger partial charge >= 0.3 is 0 Å². The average molecular weight is 462 g/mol. The molecule has 10 nitrogen and oxygen atoms in total. The predicted molar refractivity (Wildman–Crippen MR) is 126 cm³/mol. The van der Waals surface area contributed by atoms with Crippen molar-refractivity contribution in [2.24, 2.45) is 0 Å². The number of nitrogens with zero attached hydrogens (tertiary/aromatic N) is 4. The zero-order valence-electron chi connectivity index (χ0n) is 19.1. The van der Waals surface area contributed by atoms with E-state index in [4.69, 9.17) is 5.73 Å². The number of aromatic amines is 1. The quantitative estimate of drug-likeness (QED) is 0.466. The SMILES string of the molecule is CC1(C)Cc2cnc(N)nc2-c2[nH]nc(C(=O)Nc3ccc(C(=O)N4CCC(O)CC4)cc3)c21. The first kappa shape index (κ1) is 22.0. The maximum Gasteiger partial charge on any atom is 0.276 e. The van der Waals surface area contributed by atoms with Crippen LogP contribution in [0.15, 0.2) is 30.5 Å². The van der Waals surface area contributed by atoms with Crippen LogP contribution >= 0.6 is 0 Å². The standard InChI is InChI=1S/C24H27N7O3/c1-24(2)11-14-12-26-23(25)28-18(14)19-17(24)20(30-29-19)21(33)27-15-5-3-13(4-6-15)22(34)31-9-7-16(32)8-10-31/h3-6,12,16,32H,7-11H2,1-2H3,(H,27,33)(H,29,30)(H2,25,26,28). The van der Waals surface area contributed by atoms with E-state index < -0.39 is 0 Å². The largest absolute Gasteiger partial charge is 0.393 e. The summed E-state index contributed by atoms with van der Waals surface area (Å²) in [6, 6.07) is 6.81. The van der Waals surface area contributed by atoms with Crippen molar-refractivity contribution in [3.8, 4) is 11.4 Å². The van der Waals surface area contributed by atoms with Crippen LogP contribution in [0, 0.1) is 0 Å². The Bertz CT molecular complexity index is 1260. The minimum atomic E-state index is -0.361. The van der Waals surface area contributed by atoms with Crippen LogP contribution in [-0.2, 0) is 11.8 Å². The van der Waals surface area contributed by atoms with E-state index in [9.17, 15) is 14.7 Å². The van der Waals surface area contributed by atoms with Gasteiger partial charge in [0.1, 0.15) is 0 Å². The number of aliphatic hydroxyl groups is 1. The summed E-state index contributed by atoms with van der Waals surface area (Å²) < 4.78 is 0. The number of aromatic nitrogens is 4. The molecule has 1 saturated heterocycles. The van der Waals surface area contributed by atoms with Crippen molar-refractivity contribution in [1.82, 2.24) is 25.1 Å². The lowest BCUT2D eigenvalue weighted by Crippen LogP contribution is -2.40. The molecule has 1 aromatic carbocycles. The first-order chi connectivity index (χ1) is 16.2. The van der Waals surface area contributed by atoms with E-state index in [1.54, 1.807) is 35.4 Å². The number of likely N-dealkylation sites (tertiary alicyclic amines) is 1. The number of nitrogens with two attached hydrogens (primary N) is 1. The molecule has 2 amide bonds. The van der Waals surface area contributed by atoms with Gasteiger partial charge in [0.2, 0.25) is 5.95 Å². The molecule has 0 spiro atoms. The number of amides is 2. The van der Waals surface area contributed by atoms with Crippen LogP contribution in [0.5, 0.6) is 0 Å². The molecule has 0 unspecified atom stereocenters. The smallest absolute Gasteiger partial charge is 0.276 e. The molecule has 0 saturated carbocycles. The van der Waals surface area contributed by atoms with Crippen LogP contribution in [0.1, 0.15) is 58.7 Å². The number of carbonyl (C=O) groups is 2. The van der Waals surface area contributed by atoms with E-state index in [0.29, 0.717) is 60.7 Å². The summed E-state index contributed by atoms with van der Waals surface area (Å²) in [4.78, 5) is 36.1. The van der Waals surface area contributed by atoms with Crippen LogP contribution in [0.25, 0.3) is 11.4 Å². The minimum Gasteiger partial charge on any atom is -0.393 e. The number of nitrogens with one attached hydrogen (secondary N) is 2. The number of aliphatic hydroxyl groups excluding tert-OH is 1. The first-order valence-electron chi connectivity index (χ1n) is 11.3. The fraction of sp³-hybridized carbons (Fsp3) is 0.375. The highest BCUT2D eigenvalue weighted by molar-refractivity contribution is 6.05. The molecule has 0 bridgehead atoms. The van der Waals surface area contributed by atoms with E-state index in [1.165, 1.54) is 0 Å². The zero-order valence-corrected chi connectivity index (χ0v) is 19.1. The van der Waals surface area contributed by atoms with Crippen molar-refractivity contribution >= 4 is 23.5 Å². The number of nitrogen functional groups attached to an aromatic ring is 1. The molecule has 1 fully saturated rings. The maximum atomic E-state index is 13.2. The van der Waals surface area contributed by atoms with Gasteiger partial charge < -0.3 is 21.1 Å². The summed E-state index contributed by atoms with van der Waals surface area (Å²) in [6.07, 6.45) is 3.22. The Balaban J connectivity index is 1.35. The normalized spacial score (nSPS) is 17.1. The van der Waals surface area contributed by atoms with Gasteiger partial charge in [-0.3, -0.25) is 14.7 Å². The number of hydrogen-bond donors (Lipinski definition) is 4. The average Bonchev–Trinajstić information content (AvgIpc) is 3.27. The molecule has 176 valence electrons. The van der Waals surface area contributed by atoms with Gasteiger partial charge in [0.25, 0.3) is 11.8 Å². The van der Waals surface area contributed by atoms with Crippen molar-refractivity contribution in [2.45, 2.75) is 44.6 Å². The summed E-state index contributed by atoms with van der Waals surface area (Å²) >= 11 is 0. The van der Waals surface area contributed by atoms with Crippen molar-refractivity contribution in [3.63, 3.8) is 0 Å². The minimum absolute atomic E-state index is 0.0761. The van der Waals surface area contributed by atoms with E-state index in [2.05, 4.69) is 39.3 Å². The first-order valence-corrected chi connectivity index (χ1v) is 11.3. The molecular formula is C24H27N7O3. The molecular weight excluding hydrogens is 434 g/mol. The number of carbonyl (C=O) groups excluding carboxylic acids is 2. The van der Waals surface area contributed by atoms with Crippen LogP contribution in [0.4, 0.5) is 11.6 Å². The number of piperidine rings is 1. The topological polar surface area (TPSA) is 150 Å². The molecule has 0 atom stereocenters. The van der Waals surface area contributed by atoms with Gasteiger partial charge in [0.05, 0.1) is 17.5 Å². The number of benzene rings is 1. The van der Waals surface area contributed by atoms with Crippen LogP contribution in [-0.4, -0.2) is 61.2 Å². The van der Waals surface area contributed by atoms with Crippen molar-refractivity contribution in [3.05, 3.63) is 52.8 Å². The highest BCUT2D eigenvalue weighted by Gasteiger charge is 2.38. The van der Waals surface area contributed by atoms with E-state index in [-0.39, 0.29) is 29.3 Å². The van der Waals surface area contributed by atoms with Crippen LogP contribution < -0.4 is 11.1 Å². The van der Waals surface area contributed by atoms with E-state index in [0.717, 1.165) is 11.1 Å². The molecule has 34 heavy (non-hydrogen) atoms. The van der Waals surface area contributed by atoms with Gasteiger partial charge in [0.15, 0.2) is 5.69 Å². The monoisotopic (exact) mass is 461 g/mol. The summed E-state index contributed by atoms with van der Waals surface area (Å²) in [6.45, 7) is 5.19. The van der Waals surface area contributed by atoms with Crippen molar-refractivity contribution in [1.29, 1.82) is 0 Å². The highest BCUT2D eigenvalue weighted by Crippen LogP contribution is 2.42. The predicted octanol–water partition coefficient (Wildman–Crippen LogP) is 2.13. The van der Waals surface area contributed by atoms with Gasteiger partial charge in [0, 0.05) is 36.1 Å². The third-order valence-corrected chi connectivity index (χ3v) is 6.55. The highest BCUT2D eigenvalue weighted by atomic mass is 16.3. The number of rotatable bonds is 3.